The molecule has 0 spiro atoms. The van der Waals surface area contributed by atoms with Crippen molar-refractivity contribution in [3.8, 4) is 0 Å². The highest BCUT2D eigenvalue weighted by molar-refractivity contribution is 9.10. The summed E-state index contributed by atoms with van der Waals surface area (Å²) in [6.07, 6.45) is 1.30. The summed E-state index contributed by atoms with van der Waals surface area (Å²) in [6.45, 7) is 0.443. The van der Waals surface area contributed by atoms with E-state index in [0.29, 0.717) is 23.6 Å². The zero-order chi connectivity index (χ0) is 13.1. The highest BCUT2D eigenvalue weighted by Crippen LogP contribution is 2.23. The number of hydrogen-bond acceptors (Lipinski definition) is 2. The van der Waals surface area contributed by atoms with Crippen LogP contribution in [-0.2, 0) is 4.79 Å². The number of halogens is 2. The van der Waals surface area contributed by atoms with Crippen molar-refractivity contribution in [2.45, 2.75) is 18.9 Å². The van der Waals surface area contributed by atoms with Crippen LogP contribution in [0.2, 0.25) is 5.02 Å². The number of benzene rings is 1. The Kier molecular flexibility index (Phi) is 4.24. The van der Waals surface area contributed by atoms with Gasteiger partial charge < -0.3 is 10.6 Å². The predicted octanol–water partition coefficient (Wildman–Crippen LogP) is 2.11. The van der Waals surface area contributed by atoms with Gasteiger partial charge in [0.15, 0.2) is 0 Å². The molecule has 2 N–H and O–H groups in total. The molecule has 4 nitrogen and oxygen atoms in total. The van der Waals surface area contributed by atoms with Crippen molar-refractivity contribution in [2.24, 2.45) is 0 Å². The molecule has 96 valence electrons. The first kappa shape index (κ1) is 13.4. The standard InChI is InChI=1S/C12H12BrClN2O2/c13-9-3-1-7(5-10(9)14)12(18)15-6-8-2-4-11(17)16-8/h1,3,5,8H,2,4,6H2,(H,15,18)(H,16,17). The largest absolute Gasteiger partial charge is 0.352 e. The van der Waals surface area contributed by atoms with Crippen LogP contribution in [0.3, 0.4) is 0 Å². The van der Waals surface area contributed by atoms with Crippen LogP contribution in [0.25, 0.3) is 0 Å². The Bertz CT molecular complexity index is 493. The Hall–Kier alpha value is -1.07. The van der Waals surface area contributed by atoms with Crippen LogP contribution in [0.15, 0.2) is 22.7 Å². The van der Waals surface area contributed by atoms with Gasteiger partial charge in [-0.3, -0.25) is 9.59 Å². The van der Waals surface area contributed by atoms with E-state index >= 15 is 0 Å². The Labute approximate surface area is 118 Å². The van der Waals surface area contributed by atoms with Gasteiger partial charge in [0.1, 0.15) is 0 Å². The van der Waals surface area contributed by atoms with Gasteiger partial charge in [0.2, 0.25) is 5.91 Å². The molecular formula is C12H12BrClN2O2. The molecule has 0 aromatic heterocycles. The number of rotatable bonds is 3. The van der Waals surface area contributed by atoms with Crippen molar-refractivity contribution < 1.29 is 9.59 Å². The average molecular weight is 332 g/mol. The van der Waals surface area contributed by atoms with Crippen molar-refractivity contribution in [3.63, 3.8) is 0 Å². The lowest BCUT2D eigenvalue weighted by Crippen LogP contribution is -2.38. The molecule has 1 aromatic rings. The predicted molar refractivity (Wildman–Crippen MR) is 72.6 cm³/mol. The number of hydrogen-bond donors (Lipinski definition) is 2. The second kappa shape index (κ2) is 5.71. The molecule has 1 fully saturated rings. The molecule has 1 aliphatic heterocycles. The van der Waals surface area contributed by atoms with Crippen molar-refractivity contribution in [1.82, 2.24) is 10.6 Å². The molecular weight excluding hydrogens is 320 g/mol. The second-order valence-electron chi connectivity index (χ2n) is 4.14. The molecule has 1 aliphatic rings. The van der Waals surface area contributed by atoms with Gasteiger partial charge in [-0.1, -0.05) is 11.6 Å². The highest BCUT2D eigenvalue weighted by atomic mass is 79.9. The van der Waals surface area contributed by atoms with Gasteiger partial charge in [-0.25, -0.2) is 0 Å². The minimum absolute atomic E-state index is 0.0346. The van der Waals surface area contributed by atoms with E-state index in [1.165, 1.54) is 0 Å². The molecule has 2 rings (SSSR count). The SMILES string of the molecule is O=C1CCC(CNC(=O)c2ccc(Br)c(Cl)c2)N1. The summed E-state index contributed by atoms with van der Waals surface area (Å²) in [5, 5.41) is 6.07. The minimum atomic E-state index is -0.189. The molecule has 0 bridgehead atoms. The van der Waals surface area contributed by atoms with Crippen LogP contribution in [-0.4, -0.2) is 24.4 Å². The molecule has 1 atom stereocenters. The fourth-order valence-corrected chi connectivity index (χ4v) is 2.21. The summed E-state index contributed by atoms with van der Waals surface area (Å²) in [5.74, 6) is -0.147. The second-order valence-corrected chi connectivity index (χ2v) is 5.40. The van der Waals surface area contributed by atoms with Gasteiger partial charge in [-0.15, -0.1) is 0 Å². The van der Waals surface area contributed by atoms with Gasteiger partial charge in [-0.2, -0.15) is 0 Å². The van der Waals surface area contributed by atoms with Gasteiger partial charge in [0, 0.05) is 29.0 Å². The minimum Gasteiger partial charge on any atom is -0.352 e. The first-order chi connectivity index (χ1) is 8.56. The summed E-state index contributed by atoms with van der Waals surface area (Å²) in [6, 6.07) is 5.06. The third-order valence-electron chi connectivity index (χ3n) is 2.78. The maximum absolute atomic E-state index is 11.8. The fraction of sp³-hybridized carbons (Fsp3) is 0.333. The van der Waals surface area contributed by atoms with Crippen LogP contribution in [0.4, 0.5) is 0 Å². The number of carbonyl (C=O) groups excluding carboxylic acids is 2. The monoisotopic (exact) mass is 330 g/mol. The van der Waals surface area contributed by atoms with E-state index in [-0.39, 0.29) is 17.9 Å². The van der Waals surface area contributed by atoms with Gasteiger partial charge in [-0.05, 0) is 40.5 Å². The summed E-state index contributed by atoms with van der Waals surface area (Å²) >= 11 is 9.19. The Morgan fingerprint density at radius 2 is 2.33 bits per heavy atom. The Balaban J connectivity index is 1.91. The van der Waals surface area contributed by atoms with E-state index in [0.717, 1.165) is 10.9 Å². The quantitative estimate of drug-likeness (QED) is 0.891. The van der Waals surface area contributed by atoms with Crippen molar-refractivity contribution >= 4 is 39.3 Å². The van der Waals surface area contributed by atoms with E-state index in [4.69, 9.17) is 11.6 Å². The number of amides is 2. The fourth-order valence-electron chi connectivity index (χ4n) is 1.79. The van der Waals surface area contributed by atoms with E-state index in [2.05, 4.69) is 26.6 Å². The summed E-state index contributed by atoms with van der Waals surface area (Å²) in [7, 11) is 0. The third kappa shape index (κ3) is 3.23. The smallest absolute Gasteiger partial charge is 0.251 e. The Morgan fingerprint density at radius 1 is 1.56 bits per heavy atom. The first-order valence-corrected chi connectivity index (χ1v) is 6.76. The first-order valence-electron chi connectivity index (χ1n) is 5.59. The zero-order valence-corrected chi connectivity index (χ0v) is 11.8. The van der Waals surface area contributed by atoms with Gasteiger partial charge in [0.05, 0.1) is 5.02 Å². The lowest BCUT2D eigenvalue weighted by Gasteiger charge is -2.11. The molecule has 0 saturated carbocycles. The van der Waals surface area contributed by atoms with Crippen LogP contribution < -0.4 is 10.6 Å². The third-order valence-corrected chi connectivity index (χ3v) is 4.01. The number of carbonyl (C=O) groups is 2. The Morgan fingerprint density at radius 3 is 2.94 bits per heavy atom. The lowest BCUT2D eigenvalue weighted by atomic mass is 10.2. The molecule has 0 radical (unpaired) electrons. The summed E-state index contributed by atoms with van der Waals surface area (Å²) in [5.41, 5.74) is 0.507. The average Bonchev–Trinajstić information content (AvgIpc) is 2.75. The van der Waals surface area contributed by atoms with E-state index < -0.39 is 0 Å². The molecule has 1 aromatic carbocycles. The van der Waals surface area contributed by atoms with Crippen molar-refractivity contribution in [3.05, 3.63) is 33.3 Å². The van der Waals surface area contributed by atoms with Crippen molar-refractivity contribution in [1.29, 1.82) is 0 Å². The molecule has 1 saturated heterocycles. The van der Waals surface area contributed by atoms with Crippen molar-refractivity contribution in [2.75, 3.05) is 6.54 Å². The van der Waals surface area contributed by atoms with Crippen LogP contribution in [0.5, 0.6) is 0 Å². The molecule has 1 heterocycles. The van der Waals surface area contributed by atoms with Crippen LogP contribution in [0.1, 0.15) is 23.2 Å². The maximum atomic E-state index is 11.8. The van der Waals surface area contributed by atoms with Crippen LogP contribution >= 0.6 is 27.5 Å². The molecule has 0 aliphatic carbocycles. The molecule has 6 heteroatoms. The molecule has 1 unspecified atom stereocenters. The zero-order valence-electron chi connectivity index (χ0n) is 9.50. The van der Waals surface area contributed by atoms with Gasteiger partial charge in [0.25, 0.3) is 5.91 Å². The topological polar surface area (TPSA) is 58.2 Å². The molecule has 18 heavy (non-hydrogen) atoms. The highest BCUT2D eigenvalue weighted by Gasteiger charge is 2.21. The van der Waals surface area contributed by atoms with Gasteiger partial charge >= 0.3 is 0 Å². The molecule has 2 amide bonds. The summed E-state index contributed by atoms with van der Waals surface area (Å²) < 4.78 is 0.753. The maximum Gasteiger partial charge on any atom is 0.251 e. The van der Waals surface area contributed by atoms with Crippen LogP contribution in [0, 0.1) is 0 Å². The number of nitrogens with one attached hydrogen (secondary N) is 2. The normalized spacial score (nSPS) is 18.6. The van der Waals surface area contributed by atoms with E-state index in [9.17, 15) is 9.59 Å². The lowest BCUT2D eigenvalue weighted by molar-refractivity contribution is -0.119. The van der Waals surface area contributed by atoms with E-state index in [1.54, 1.807) is 18.2 Å². The summed E-state index contributed by atoms with van der Waals surface area (Å²) in [4.78, 5) is 22.9. The van der Waals surface area contributed by atoms with E-state index in [1.807, 2.05) is 0 Å².